The molecule has 0 bridgehead atoms. The summed E-state index contributed by atoms with van der Waals surface area (Å²) in [5, 5.41) is 11.3. The number of aromatic nitrogens is 2. The van der Waals surface area contributed by atoms with Gasteiger partial charge in [0.1, 0.15) is 10.7 Å². The lowest BCUT2D eigenvalue weighted by Gasteiger charge is -2.16. The summed E-state index contributed by atoms with van der Waals surface area (Å²) in [5.74, 6) is 0.518. The van der Waals surface area contributed by atoms with Crippen LogP contribution in [-0.4, -0.2) is 47.1 Å². The molecule has 0 fully saturated rings. The maximum atomic E-state index is 11.7. The third-order valence-corrected chi connectivity index (χ3v) is 3.36. The monoisotopic (exact) mass is 299 g/mol. The van der Waals surface area contributed by atoms with Crippen molar-refractivity contribution in [1.29, 1.82) is 0 Å². The summed E-state index contributed by atoms with van der Waals surface area (Å²) in [4.78, 5) is 13.7. The van der Waals surface area contributed by atoms with Crippen LogP contribution in [0.1, 0.15) is 32.9 Å². The van der Waals surface area contributed by atoms with E-state index in [0.29, 0.717) is 25.6 Å². The number of carbonyl (C=O) groups is 1. The molecule has 2 N–H and O–H groups in total. The number of amides is 1. The Morgan fingerprint density at radius 1 is 1.45 bits per heavy atom. The normalized spacial score (nSPS) is 11.1. The zero-order valence-corrected chi connectivity index (χ0v) is 13.6. The predicted octanol–water partition coefficient (Wildman–Crippen LogP) is 1.56. The van der Waals surface area contributed by atoms with Gasteiger partial charge in [0.25, 0.3) is 0 Å². The van der Waals surface area contributed by atoms with Crippen molar-refractivity contribution in [2.75, 3.05) is 32.0 Å². The molecule has 0 saturated heterocycles. The van der Waals surface area contributed by atoms with Crippen molar-refractivity contribution in [2.45, 2.75) is 33.7 Å². The summed E-state index contributed by atoms with van der Waals surface area (Å²) >= 11 is 1.37. The van der Waals surface area contributed by atoms with Crippen molar-refractivity contribution in [2.24, 2.45) is 5.92 Å². The average molecular weight is 299 g/mol. The molecule has 0 unspecified atom stereocenters. The van der Waals surface area contributed by atoms with Gasteiger partial charge in [0.15, 0.2) is 0 Å². The average Bonchev–Trinajstić information content (AvgIpc) is 2.81. The Hall–Kier alpha value is -1.21. The van der Waals surface area contributed by atoms with Gasteiger partial charge in [0.2, 0.25) is 5.91 Å². The van der Waals surface area contributed by atoms with Crippen molar-refractivity contribution in [3.63, 3.8) is 0 Å². The first-order valence-electron chi connectivity index (χ1n) is 7.03. The molecule has 20 heavy (non-hydrogen) atoms. The summed E-state index contributed by atoms with van der Waals surface area (Å²) in [7, 11) is 1.91. The van der Waals surface area contributed by atoms with Gasteiger partial charge in [-0.15, -0.1) is 5.10 Å². The summed E-state index contributed by atoms with van der Waals surface area (Å²) in [6.45, 7) is 8.90. The van der Waals surface area contributed by atoms with Crippen LogP contribution in [-0.2, 0) is 11.3 Å². The molecule has 0 aliphatic rings. The van der Waals surface area contributed by atoms with E-state index in [1.165, 1.54) is 11.5 Å². The molecule has 1 heterocycles. The zero-order valence-electron chi connectivity index (χ0n) is 12.8. The molecule has 1 amide bonds. The van der Waals surface area contributed by atoms with Crippen LogP contribution in [0.15, 0.2) is 0 Å². The summed E-state index contributed by atoms with van der Waals surface area (Å²) in [5.41, 5.74) is 0.905. The molecule has 1 aromatic rings. The van der Waals surface area contributed by atoms with E-state index in [0.717, 1.165) is 23.7 Å². The van der Waals surface area contributed by atoms with Gasteiger partial charge in [-0.05, 0) is 19.4 Å². The molecule has 0 spiro atoms. The quantitative estimate of drug-likeness (QED) is 0.724. The summed E-state index contributed by atoms with van der Waals surface area (Å²) < 4.78 is 3.97. The highest BCUT2D eigenvalue weighted by atomic mass is 32.1. The third-order valence-electron chi connectivity index (χ3n) is 2.63. The predicted molar refractivity (Wildman–Crippen MR) is 82.9 cm³/mol. The second kappa shape index (κ2) is 8.86. The lowest BCUT2D eigenvalue weighted by atomic mass is 10.2. The van der Waals surface area contributed by atoms with Crippen LogP contribution in [0.3, 0.4) is 0 Å². The molecule has 0 radical (unpaired) electrons. The van der Waals surface area contributed by atoms with E-state index in [1.54, 1.807) is 0 Å². The second-order valence-corrected chi connectivity index (χ2v) is 6.10. The SMILES string of the molecule is CCCNc1snnc1CN(C)CC(=O)NCC(C)C. The number of likely N-dealkylation sites (N-methyl/N-ethyl adjacent to an activating group) is 1. The Morgan fingerprint density at radius 3 is 2.85 bits per heavy atom. The summed E-state index contributed by atoms with van der Waals surface area (Å²) in [6, 6.07) is 0. The number of anilines is 1. The smallest absolute Gasteiger partial charge is 0.234 e. The molecule has 0 saturated carbocycles. The van der Waals surface area contributed by atoms with E-state index in [4.69, 9.17) is 0 Å². The van der Waals surface area contributed by atoms with Gasteiger partial charge >= 0.3 is 0 Å². The fraction of sp³-hybridized carbons (Fsp3) is 0.769. The van der Waals surface area contributed by atoms with Crippen molar-refractivity contribution in [3.8, 4) is 0 Å². The number of hydrogen-bond donors (Lipinski definition) is 2. The van der Waals surface area contributed by atoms with Gasteiger partial charge in [-0.25, -0.2) is 0 Å². The van der Waals surface area contributed by atoms with Crippen LogP contribution in [0, 0.1) is 5.92 Å². The van der Waals surface area contributed by atoms with E-state index in [1.807, 2.05) is 11.9 Å². The molecule has 114 valence electrons. The Labute approximate surface area is 125 Å². The molecular formula is C13H25N5OS. The van der Waals surface area contributed by atoms with Crippen LogP contribution in [0.4, 0.5) is 5.00 Å². The number of carbonyl (C=O) groups excluding carboxylic acids is 1. The molecule has 0 aliphatic carbocycles. The minimum atomic E-state index is 0.0486. The Morgan fingerprint density at radius 2 is 2.20 bits per heavy atom. The highest BCUT2D eigenvalue weighted by molar-refractivity contribution is 7.10. The molecule has 1 aromatic heterocycles. The van der Waals surface area contributed by atoms with Gasteiger partial charge < -0.3 is 10.6 Å². The topological polar surface area (TPSA) is 70.2 Å². The van der Waals surface area contributed by atoms with Gasteiger partial charge in [-0.3, -0.25) is 9.69 Å². The molecular weight excluding hydrogens is 274 g/mol. The Bertz CT molecular complexity index is 407. The number of hydrogen-bond acceptors (Lipinski definition) is 6. The van der Waals surface area contributed by atoms with E-state index in [2.05, 4.69) is 41.0 Å². The second-order valence-electron chi connectivity index (χ2n) is 5.35. The van der Waals surface area contributed by atoms with Crippen LogP contribution in [0.25, 0.3) is 0 Å². The highest BCUT2D eigenvalue weighted by Crippen LogP contribution is 2.18. The van der Waals surface area contributed by atoms with Gasteiger partial charge in [-0.2, -0.15) is 0 Å². The zero-order chi connectivity index (χ0) is 15.0. The Balaban J connectivity index is 2.39. The lowest BCUT2D eigenvalue weighted by Crippen LogP contribution is -2.36. The lowest BCUT2D eigenvalue weighted by molar-refractivity contribution is -0.122. The summed E-state index contributed by atoms with van der Waals surface area (Å²) in [6.07, 6.45) is 1.06. The first-order valence-corrected chi connectivity index (χ1v) is 7.80. The largest absolute Gasteiger partial charge is 0.374 e. The van der Waals surface area contributed by atoms with Gasteiger partial charge in [-0.1, -0.05) is 25.3 Å². The van der Waals surface area contributed by atoms with Crippen molar-refractivity contribution in [3.05, 3.63) is 5.69 Å². The third kappa shape index (κ3) is 6.29. The van der Waals surface area contributed by atoms with Crippen LogP contribution in [0.5, 0.6) is 0 Å². The van der Waals surface area contributed by atoms with Crippen LogP contribution < -0.4 is 10.6 Å². The Kier molecular flexibility index (Phi) is 7.46. The first-order chi connectivity index (χ1) is 9.52. The molecule has 0 aromatic carbocycles. The molecule has 0 aliphatic heterocycles. The molecule has 1 rings (SSSR count). The maximum absolute atomic E-state index is 11.7. The first kappa shape index (κ1) is 16.8. The number of nitrogens with zero attached hydrogens (tertiary/aromatic N) is 3. The minimum Gasteiger partial charge on any atom is -0.374 e. The van der Waals surface area contributed by atoms with Crippen molar-refractivity contribution >= 4 is 22.4 Å². The van der Waals surface area contributed by atoms with Crippen LogP contribution >= 0.6 is 11.5 Å². The molecule has 6 nitrogen and oxygen atoms in total. The number of rotatable bonds is 9. The van der Waals surface area contributed by atoms with E-state index in [9.17, 15) is 4.79 Å². The van der Waals surface area contributed by atoms with E-state index in [-0.39, 0.29) is 5.91 Å². The van der Waals surface area contributed by atoms with Gasteiger partial charge in [0.05, 0.1) is 6.54 Å². The van der Waals surface area contributed by atoms with Crippen molar-refractivity contribution in [1.82, 2.24) is 19.8 Å². The highest BCUT2D eigenvalue weighted by Gasteiger charge is 2.12. The van der Waals surface area contributed by atoms with E-state index >= 15 is 0 Å². The fourth-order valence-electron chi connectivity index (χ4n) is 1.62. The van der Waals surface area contributed by atoms with Crippen molar-refractivity contribution < 1.29 is 4.79 Å². The number of nitrogens with one attached hydrogen (secondary N) is 2. The van der Waals surface area contributed by atoms with Gasteiger partial charge in [0, 0.05) is 31.2 Å². The molecule has 7 heteroatoms. The standard InChI is InChI=1S/C13H25N5OS/c1-5-6-14-13-11(16-17-20-13)8-18(4)9-12(19)15-7-10(2)3/h10,14H,5-9H2,1-4H3,(H,15,19). The van der Waals surface area contributed by atoms with Crippen LogP contribution in [0.2, 0.25) is 0 Å². The van der Waals surface area contributed by atoms with E-state index < -0.39 is 0 Å². The maximum Gasteiger partial charge on any atom is 0.234 e. The fourth-order valence-corrected chi connectivity index (χ4v) is 2.21. The molecule has 0 atom stereocenters. The minimum absolute atomic E-state index is 0.0486.